The Hall–Kier alpha value is -0.870. The predicted molar refractivity (Wildman–Crippen MR) is 73.3 cm³/mol. The first-order chi connectivity index (χ1) is 8.28. The monoisotopic (exact) mass is 255 g/mol. The smallest absolute Gasteiger partial charge is 0.174 e. The maximum absolute atomic E-state index is 5.51. The number of aryl methyl sites for hydroxylation is 1. The predicted octanol–water partition coefficient (Wildman–Crippen LogP) is 2.71. The summed E-state index contributed by atoms with van der Waals surface area (Å²) in [7, 11) is 3.37. The SMILES string of the molecule is COc1c(CCCCN)ccc(SC)c1OC. The molecule has 3 nitrogen and oxygen atoms in total. The van der Waals surface area contributed by atoms with Crippen molar-refractivity contribution in [1.29, 1.82) is 0 Å². The highest BCUT2D eigenvalue weighted by Gasteiger charge is 2.13. The molecule has 0 fully saturated rings. The van der Waals surface area contributed by atoms with Crippen LogP contribution in [0.4, 0.5) is 0 Å². The zero-order chi connectivity index (χ0) is 12.7. The van der Waals surface area contributed by atoms with Gasteiger partial charge in [-0.2, -0.15) is 0 Å². The lowest BCUT2D eigenvalue weighted by atomic mass is 10.1. The molecule has 0 aromatic heterocycles. The van der Waals surface area contributed by atoms with E-state index in [1.165, 1.54) is 5.56 Å². The van der Waals surface area contributed by atoms with E-state index in [2.05, 4.69) is 12.1 Å². The van der Waals surface area contributed by atoms with Crippen LogP contribution in [0.1, 0.15) is 18.4 Å². The van der Waals surface area contributed by atoms with Gasteiger partial charge in [0.2, 0.25) is 0 Å². The van der Waals surface area contributed by atoms with Gasteiger partial charge in [-0.25, -0.2) is 0 Å². The molecule has 0 aliphatic carbocycles. The van der Waals surface area contributed by atoms with Crippen LogP contribution in [-0.2, 0) is 6.42 Å². The van der Waals surface area contributed by atoms with Crippen LogP contribution in [0.15, 0.2) is 17.0 Å². The number of nitrogens with two attached hydrogens (primary N) is 1. The van der Waals surface area contributed by atoms with Crippen LogP contribution < -0.4 is 15.2 Å². The third-order valence-corrected chi connectivity index (χ3v) is 3.45. The van der Waals surface area contributed by atoms with Gasteiger partial charge in [0.15, 0.2) is 11.5 Å². The molecule has 0 saturated heterocycles. The minimum atomic E-state index is 0.738. The molecule has 4 heteroatoms. The second kappa shape index (κ2) is 7.45. The van der Waals surface area contributed by atoms with E-state index < -0.39 is 0 Å². The first-order valence-electron chi connectivity index (χ1n) is 5.76. The zero-order valence-corrected chi connectivity index (χ0v) is 11.6. The molecule has 0 spiro atoms. The second-order valence-electron chi connectivity index (χ2n) is 3.74. The lowest BCUT2D eigenvalue weighted by Crippen LogP contribution is -2.01. The highest BCUT2D eigenvalue weighted by Crippen LogP contribution is 2.39. The van der Waals surface area contributed by atoms with E-state index in [0.717, 1.165) is 42.2 Å². The molecule has 17 heavy (non-hydrogen) atoms. The molecule has 0 radical (unpaired) electrons. The summed E-state index contributed by atoms with van der Waals surface area (Å²) in [5.41, 5.74) is 6.70. The fourth-order valence-electron chi connectivity index (χ4n) is 1.82. The fourth-order valence-corrected chi connectivity index (χ4v) is 2.39. The van der Waals surface area contributed by atoms with Gasteiger partial charge in [-0.1, -0.05) is 6.07 Å². The van der Waals surface area contributed by atoms with Gasteiger partial charge >= 0.3 is 0 Å². The molecular formula is C13H21NO2S. The Kier molecular flexibility index (Phi) is 6.22. The van der Waals surface area contributed by atoms with E-state index >= 15 is 0 Å². The van der Waals surface area contributed by atoms with Crippen molar-refractivity contribution >= 4 is 11.8 Å². The van der Waals surface area contributed by atoms with E-state index in [1.807, 2.05) is 6.26 Å². The Balaban J connectivity index is 2.97. The summed E-state index contributed by atoms with van der Waals surface area (Å²) in [6, 6.07) is 4.20. The van der Waals surface area contributed by atoms with Crippen LogP contribution in [0.5, 0.6) is 11.5 Å². The normalized spacial score (nSPS) is 10.4. The Morgan fingerprint density at radius 1 is 1.12 bits per heavy atom. The van der Waals surface area contributed by atoms with E-state index in [9.17, 15) is 0 Å². The average Bonchev–Trinajstić information content (AvgIpc) is 2.38. The van der Waals surface area contributed by atoms with Crippen molar-refractivity contribution in [3.63, 3.8) is 0 Å². The van der Waals surface area contributed by atoms with Crippen molar-refractivity contribution in [2.24, 2.45) is 5.73 Å². The molecule has 0 saturated carbocycles. The van der Waals surface area contributed by atoms with Crippen LogP contribution >= 0.6 is 11.8 Å². The van der Waals surface area contributed by atoms with Gasteiger partial charge in [0.05, 0.1) is 19.1 Å². The van der Waals surface area contributed by atoms with Gasteiger partial charge in [0.1, 0.15) is 0 Å². The maximum atomic E-state index is 5.51. The molecular weight excluding hydrogens is 234 g/mol. The Morgan fingerprint density at radius 3 is 2.35 bits per heavy atom. The number of benzene rings is 1. The maximum Gasteiger partial charge on any atom is 0.174 e. The van der Waals surface area contributed by atoms with Gasteiger partial charge in [-0.15, -0.1) is 11.8 Å². The fraction of sp³-hybridized carbons (Fsp3) is 0.538. The molecule has 0 aliphatic rings. The standard InChI is InChI=1S/C13H21NO2S/c1-15-12-10(6-4-5-9-14)7-8-11(17-3)13(12)16-2/h7-8H,4-6,9,14H2,1-3H3. The van der Waals surface area contributed by atoms with Crippen LogP contribution in [0, 0.1) is 0 Å². The van der Waals surface area contributed by atoms with Crippen molar-refractivity contribution in [1.82, 2.24) is 0 Å². The number of rotatable bonds is 7. The summed E-state index contributed by atoms with van der Waals surface area (Å²) in [6.07, 6.45) is 5.13. The van der Waals surface area contributed by atoms with Crippen molar-refractivity contribution in [3.05, 3.63) is 17.7 Å². The van der Waals surface area contributed by atoms with Gasteiger partial charge in [0, 0.05) is 0 Å². The van der Waals surface area contributed by atoms with Gasteiger partial charge in [0.25, 0.3) is 0 Å². The Labute approximate surface area is 108 Å². The lowest BCUT2D eigenvalue weighted by molar-refractivity contribution is 0.344. The van der Waals surface area contributed by atoms with Crippen LogP contribution in [0.3, 0.4) is 0 Å². The number of thioether (sulfide) groups is 1. The first-order valence-corrected chi connectivity index (χ1v) is 6.98. The van der Waals surface area contributed by atoms with Crippen LogP contribution in [0.2, 0.25) is 0 Å². The zero-order valence-electron chi connectivity index (χ0n) is 10.8. The van der Waals surface area contributed by atoms with Crippen molar-refractivity contribution in [2.75, 3.05) is 27.0 Å². The van der Waals surface area contributed by atoms with Gasteiger partial charge < -0.3 is 15.2 Å². The highest BCUT2D eigenvalue weighted by atomic mass is 32.2. The Bertz CT molecular complexity index is 356. The number of hydrogen-bond donors (Lipinski definition) is 1. The molecule has 2 N–H and O–H groups in total. The Morgan fingerprint density at radius 2 is 1.82 bits per heavy atom. The van der Waals surface area contributed by atoms with E-state index in [4.69, 9.17) is 15.2 Å². The molecule has 1 aromatic carbocycles. The van der Waals surface area contributed by atoms with Crippen molar-refractivity contribution in [3.8, 4) is 11.5 Å². The minimum absolute atomic E-state index is 0.738. The summed E-state index contributed by atoms with van der Waals surface area (Å²) in [4.78, 5) is 1.10. The summed E-state index contributed by atoms with van der Waals surface area (Å²) in [5, 5.41) is 0. The quantitative estimate of drug-likeness (QED) is 0.601. The van der Waals surface area contributed by atoms with Crippen LogP contribution in [0.25, 0.3) is 0 Å². The lowest BCUT2D eigenvalue weighted by Gasteiger charge is -2.15. The number of ether oxygens (including phenoxy) is 2. The van der Waals surface area contributed by atoms with Gasteiger partial charge in [-0.3, -0.25) is 0 Å². The van der Waals surface area contributed by atoms with Crippen molar-refractivity contribution < 1.29 is 9.47 Å². The number of unbranched alkanes of at least 4 members (excludes halogenated alkanes) is 1. The summed E-state index contributed by atoms with van der Waals surface area (Å²) >= 11 is 1.66. The molecule has 96 valence electrons. The molecule has 1 rings (SSSR count). The third-order valence-electron chi connectivity index (χ3n) is 2.69. The van der Waals surface area contributed by atoms with Crippen LogP contribution in [-0.4, -0.2) is 27.0 Å². The number of methoxy groups -OCH3 is 2. The summed E-state index contributed by atoms with van der Waals surface area (Å²) in [5.74, 6) is 1.70. The van der Waals surface area contributed by atoms with E-state index in [-0.39, 0.29) is 0 Å². The molecule has 0 aliphatic heterocycles. The highest BCUT2D eigenvalue weighted by molar-refractivity contribution is 7.98. The first kappa shape index (κ1) is 14.2. The molecule has 0 bridgehead atoms. The molecule has 1 aromatic rings. The average molecular weight is 255 g/mol. The van der Waals surface area contributed by atoms with E-state index in [1.54, 1.807) is 26.0 Å². The molecule has 0 heterocycles. The third kappa shape index (κ3) is 3.54. The number of hydrogen-bond acceptors (Lipinski definition) is 4. The second-order valence-corrected chi connectivity index (χ2v) is 4.59. The van der Waals surface area contributed by atoms with Crippen molar-refractivity contribution in [2.45, 2.75) is 24.2 Å². The minimum Gasteiger partial charge on any atom is -0.493 e. The molecule has 0 atom stereocenters. The largest absolute Gasteiger partial charge is 0.493 e. The molecule has 0 amide bonds. The topological polar surface area (TPSA) is 44.5 Å². The summed E-state index contributed by atoms with van der Waals surface area (Å²) in [6.45, 7) is 0.738. The summed E-state index contributed by atoms with van der Waals surface area (Å²) < 4.78 is 10.9. The van der Waals surface area contributed by atoms with Gasteiger partial charge in [-0.05, 0) is 43.7 Å². The van der Waals surface area contributed by atoms with E-state index in [0.29, 0.717) is 0 Å². The molecule has 0 unspecified atom stereocenters.